The van der Waals surface area contributed by atoms with Crippen LogP contribution in [0.15, 0.2) is 36.5 Å². The number of hydrogen-bond acceptors (Lipinski definition) is 6. The first kappa shape index (κ1) is 20.3. The summed E-state index contributed by atoms with van der Waals surface area (Å²) in [5.74, 6) is 1.79. The number of aryl methyl sites for hydroxylation is 3. The van der Waals surface area contributed by atoms with E-state index in [1.54, 1.807) is 4.68 Å². The van der Waals surface area contributed by atoms with Crippen molar-refractivity contribution in [2.24, 2.45) is 7.05 Å². The fraction of sp³-hybridized carbons (Fsp3) is 0.455. The molecule has 0 bridgehead atoms. The van der Waals surface area contributed by atoms with Crippen LogP contribution in [-0.2, 0) is 18.3 Å². The molecule has 0 unspecified atom stereocenters. The van der Waals surface area contributed by atoms with Crippen LogP contribution in [0.4, 0.5) is 5.82 Å². The van der Waals surface area contributed by atoms with E-state index in [4.69, 9.17) is 0 Å². The first-order valence-electron chi connectivity index (χ1n) is 10.5. The van der Waals surface area contributed by atoms with Crippen molar-refractivity contribution < 1.29 is 4.79 Å². The van der Waals surface area contributed by atoms with Crippen molar-refractivity contribution in [3.63, 3.8) is 0 Å². The van der Waals surface area contributed by atoms with Crippen molar-refractivity contribution in [1.82, 2.24) is 30.0 Å². The summed E-state index contributed by atoms with van der Waals surface area (Å²) in [4.78, 5) is 25.9. The van der Waals surface area contributed by atoms with E-state index in [2.05, 4.69) is 54.4 Å². The Labute approximate surface area is 176 Å². The highest BCUT2D eigenvalue weighted by atomic mass is 16.2. The normalized spacial score (nSPS) is 14.9. The van der Waals surface area contributed by atoms with E-state index in [9.17, 15) is 4.79 Å². The molecule has 8 nitrogen and oxygen atoms in total. The Morgan fingerprint density at radius 2 is 1.87 bits per heavy atom. The lowest BCUT2D eigenvalue weighted by molar-refractivity contribution is -0.122. The van der Waals surface area contributed by atoms with Crippen LogP contribution >= 0.6 is 0 Å². The Bertz CT molecular complexity index is 993. The Hall–Kier alpha value is -3.00. The Morgan fingerprint density at radius 1 is 1.10 bits per heavy atom. The maximum absolute atomic E-state index is 12.3. The van der Waals surface area contributed by atoms with Gasteiger partial charge >= 0.3 is 0 Å². The SMILES string of the molecule is Cc1nc(N2CCN(CC(=O)NCCCc3ccccc3)CC2)c2cnn(C)c2n1. The second-order valence-electron chi connectivity index (χ2n) is 7.80. The van der Waals surface area contributed by atoms with Crippen LogP contribution < -0.4 is 10.2 Å². The summed E-state index contributed by atoms with van der Waals surface area (Å²) in [6.07, 6.45) is 3.78. The van der Waals surface area contributed by atoms with Crippen molar-refractivity contribution in [2.75, 3.05) is 44.2 Å². The maximum atomic E-state index is 12.3. The van der Waals surface area contributed by atoms with E-state index in [-0.39, 0.29) is 5.91 Å². The molecule has 1 aliphatic rings. The molecule has 3 aromatic rings. The molecule has 1 saturated heterocycles. The molecule has 0 atom stereocenters. The minimum absolute atomic E-state index is 0.101. The average Bonchev–Trinajstić information content (AvgIpc) is 3.13. The summed E-state index contributed by atoms with van der Waals surface area (Å²) in [5.41, 5.74) is 2.17. The quantitative estimate of drug-likeness (QED) is 0.599. The van der Waals surface area contributed by atoms with Gasteiger partial charge in [0.05, 0.1) is 18.1 Å². The second-order valence-corrected chi connectivity index (χ2v) is 7.80. The van der Waals surface area contributed by atoms with E-state index in [0.717, 1.165) is 61.7 Å². The molecule has 1 N–H and O–H groups in total. The molecule has 1 aromatic carbocycles. The number of amides is 1. The Balaban J connectivity index is 1.23. The van der Waals surface area contributed by atoms with Gasteiger partial charge in [-0.2, -0.15) is 5.10 Å². The number of carbonyl (C=O) groups is 1. The number of hydrogen-bond donors (Lipinski definition) is 1. The predicted octanol–water partition coefficient (Wildman–Crippen LogP) is 1.54. The van der Waals surface area contributed by atoms with Gasteiger partial charge in [-0.3, -0.25) is 14.4 Å². The van der Waals surface area contributed by atoms with Gasteiger partial charge in [-0.15, -0.1) is 0 Å². The Kier molecular flexibility index (Phi) is 6.23. The van der Waals surface area contributed by atoms with Crippen molar-refractivity contribution in [2.45, 2.75) is 19.8 Å². The molecular weight excluding hydrogens is 378 g/mol. The molecule has 3 heterocycles. The van der Waals surface area contributed by atoms with Gasteiger partial charge in [-0.25, -0.2) is 9.97 Å². The van der Waals surface area contributed by atoms with Gasteiger partial charge in [-0.05, 0) is 25.3 Å². The molecule has 8 heteroatoms. The molecule has 158 valence electrons. The Morgan fingerprint density at radius 3 is 2.63 bits per heavy atom. The third kappa shape index (κ3) is 4.76. The van der Waals surface area contributed by atoms with E-state index < -0.39 is 0 Å². The first-order valence-corrected chi connectivity index (χ1v) is 10.5. The molecule has 1 amide bonds. The third-order valence-corrected chi connectivity index (χ3v) is 5.53. The van der Waals surface area contributed by atoms with Crippen LogP contribution in [0, 0.1) is 6.92 Å². The van der Waals surface area contributed by atoms with Crippen LogP contribution in [-0.4, -0.2) is 69.8 Å². The summed E-state index contributed by atoms with van der Waals surface area (Å²) >= 11 is 0. The van der Waals surface area contributed by atoms with Crippen molar-refractivity contribution >= 4 is 22.8 Å². The topological polar surface area (TPSA) is 79.2 Å². The number of benzene rings is 1. The van der Waals surface area contributed by atoms with E-state index >= 15 is 0 Å². The number of aromatic nitrogens is 4. The minimum atomic E-state index is 0.101. The van der Waals surface area contributed by atoms with Gasteiger partial charge in [0.25, 0.3) is 0 Å². The van der Waals surface area contributed by atoms with Crippen LogP contribution in [0.1, 0.15) is 17.8 Å². The van der Waals surface area contributed by atoms with Gasteiger partial charge in [0.15, 0.2) is 5.65 Å². The van der Waals surface area contributed by atoms with Crippen LogP contribution in [0.5, 0.6) is 0 Å². The van der Waals surface area contributed by atoms with Gasteiger partial charge in [-0.1, -0.05) is 30.3 Å². The number of nitrogens with zero attached hydrogens (tertiary/aromatic N) is 6. The summed E-state index contributed by atoms with van der Waals surface area (Å²) in [6, 6.07) is 10.4. The largest absolute Gasteiger partial charge is 0.355 e. The van der Waals surface area contributed by atoms with Crippen LogP contribution in [0.3, 0.4) is 0 Å². The molecule has 0 aliphatic carbocycles. The summed E-state index contributed by atoms with van der Waals surface area (Å²) in [5, 5.41) is 8.36. The second kappa shape index (κ2) is 9.21. The fourth-order valence-electron chi connectivity index (χ4n) is 3.90. The van der Waals surface area contributed by atoms with E-state index in [1.165, 1.54) is 5.56 Å². The van der Waals surface area contributed by atoms with Crippen molar-refractivity contribution in [1.29, 1.82) is 0 Å². The molecule has 0 saturated carbocycles. The van der Waals surface area contributed by atoms with Gasteiger partial charge in [0.1, 0.15) is 11.6 Å². The molecule has 2 aromatic heterocycles. The lowest BCUT2D eigenvalue weighted by Gasteiger charge is -2.35. The zero-order valence-corrected chi connectivity index (χ0v) is 17.7. The molecular formula is C22H29N7O. The highest BCUT2D eigenvalue weighted by Crippen LogP contribution is 2.24. The predicted molar refractivity (Wildman–Crippen MR) is 117 cm³/mol. The maximum Gasteiger partial charge on any atom is 0.234 e. The van der Waals surface area contributed by atoms with E-state index in [0.29, 0.717) is 13.1 Å². The standard InChI is InChI=1S/C22H29N7O/c1-17-25-21-19(15-24-27(21)2)22(26-17)29-13-11-28(12-14-29)16-20(30)23-10-6-9-18-7-4-3-5-8-18/h3-5,7-8,15H,6,9-14,16H2,1-2H3,(H,23,30). The van der Waals surface area contributed by atoms with E-state index in [1.807, 2.05) is 26.2 Å². The summed E-state index contributed by atoms with van der Waals surface area (Å²) in [6.45, 7) is 6.42. The highest BCUT2D eigenvalue weighted by molar-refractivity contribution is 5.87. The highest BCUT2D eigenvalue weighted by Gasteiger charge is 2.22. The summed E-state index contributed by atoms with van der Waals surface area (Å²) in [7, 11) is 1.90. The van der Waals surface area contributed by atoms with Gasteiger partial charge in [0.2, 0.25) is 5.91 Å². The molecule has 1 aliphatic heterocycles. The fourth-order valence-corrected chi connectivity index (χ4v) is 3.90. The van der Waals surface area contributed by atoms with Gasteiger partial charge in [0, 0.05) is 39.8 Å². The third-order valence-electron chi connectivity index (χ3n) is 5.53. The number of anilines is 1. The molecule has 30 heavy (non-hydrogen) atoms. The monoisotopic (exact) mass is 407 g/mol. The first-order chi connectivity index (χ1) is 14.6. The molecule has 0 radical (unpaired) electrons. The summed E-state index contributed by atoms with van der Waals surface area (Å²) < 4.78 is 1.78. The van der Waals surface area contributed by atoms with Gasteiger partial charge < -0.3 is 10.2 Å². The molecule has 0 spiro atoms. The average molecular weight is 408 g/mol. The van der Waals surface area contributed by atoms with Crippen molar-refractivity contribution in [3.05, 3.63) is 47.9 Å². The molecule has 4 rings (SSSR count). The zero-order valence-electron chi connectivity index (χ0n) is 17.7. The lowest BCUT2D eigenvalue weighted by atomic mass is 10.1. The lowest BCUT2D eigenvalue weighted by Crippen LogP contribution is -2.49. The van der Waals surface area contributed by atoms with Crippen LogP contribution in [0.25, 0.3) is 11.0 Å². The molecule has 1 fully saturated rings. The minimum Gasteiger partial charge on any atom is -0.355 e. The number of piperazine rings is 1. The number of rotatable bonds is 7. The smallest absolute Gasteiger partial charge is 0.234 e. The zero-order chi connectivity index (χ0) is 20.9. The number of carbonyl (C=O) groups excluding carboxylic acids is 1. The number of nitrogens with one attached hydrogen (secondary N) is 1. The van der Waals surface area contributed by atoms with Crippen LogP contribution in [0.2, 0.25) is 0 Å². The van der Waals surface area contributed by atoms with Crippen molar-refractivity contribution in [3.8, 4) is 0 Å². The number of fused-ring (bicyclic) bond motifs is 1.